The van der Waals surface area contributed by atoms with Crippen molar-refractivity contribution >= 4 is 44.5 Å². The van der Waals surface area contributed by atoms with Crippen LogP contribution in [0.5, 0.6) is 0 Å². The number of esters is 1. The van der Waals surface area contributed by atoms with E-state index >= 15 is 0 Å². The van der Waals surface area contributed by atoms with Crippen LogP contribution in [0.3, 0.4) is 0 Å². The minimum atomic E-state index is -0.792. The number of benzene rings is 2. The SMILES string of the molecule is Cc1ccc2nc(NC(=O)COC(=O)CNC(=O)c3cccc(F)c3)sc2c1. The number of carbonyl (C=O) groups is 3. The monoisotopic (exact) mass is 401 g/mol. The number of anilines is 1. The zero-order valence-electron chi connectivity index (χ0n) is 14.8. The second-order valence-electron chi connectivity index (χ2n) is 5.89. The van der Waals surface area contributed by atoms with E-state index in [-0.39, 0.29) is 5.56 Å². The van der Waals surface area contributed by atoms with Crippen LogP contribution in [0, 0.1) is 12.7 Å². The van der Waals surface area contributed by atoms with Crippen molar-refractivity contribution in [3.63, 3.8) is 0 Å². The van der Waals surface area contributed by atoms with Crippen molar-refractivity contribution < 1.29 is 23.5 Å². The van der Waals surface area contributed by atoms with Gasteiger partial charge in [0.2, 0.25) is 0 Å². The maximum absolute atomic E-state index is 13.1. The normalized spacial score (nSPS) is 10.5. The van der Waals surface area contributed by atoms with Gasteiger partial charge in [0.1, 0.15) is 12.4 Å². The number of halogens is 1. The van der Waals surface area contributed by atoms with Gasteiger partial charge >= 0.3 is 5.97 Å². The number of fused-ring (bicyclic) bond motifs is 1. The summed E-state index contributed by atoms with van der Waals surface area (Å²) in [7, 11) is 0. The summed E-state index contributed by atoms with van der Waals surface area (Å²) in [6, 6.07) is 10.8. The predicted octanol–water partition coefficient (Wildman–Crippen LogP) is 2.66. The summed E-state index contributed by atoms with van der Waals surface area (Å²) >= 11 is 1.32. The Hall–Kier alpha value is -3.33. The lowest BCUT2D eigenvalue weighted by atomic mass is 10.2. The van der Waals surface area contributed by atoms with Crippen LogP contribution in [0.15, 0.2) is 42.5 Å². The first-order chi connectivity index (χ1) is 13.4. The van der Waals surface area contributed by atoms with Gasteiger partial charge in [-0.15, -0.1) is 0 Å². The molecule has 3 aromatic rings. The van der Waals surface area contributed by atoms with E-state index in [9.17, 15) is 18.8 Å². The number of aryl methyl sites for hydroxylation is 1. The van der Waals surface area contributed by atoms with Crippen molar-refractivity contribution in [2.45, 2.75) is 6.92 Å². The molecule has 28 heavy (non-hydrogen) atoms. The highest BCUT2D eigenvalue weighted by Gasteiger charge is 2.13. The van der Waals surface area contributed by atoms with Gasteiger partial charge in [0.25, 0.3) is 11.8 Å². The van der Waals surface area contributed by atoms with Crippen molar-refractivity contribution in [1.82, 2.24) is 10.3 Å². The van der Waals surface area contributed by atoms with Gasteiger partial charge in [-0.1, -0.05) is 23.5 Å². The molecule has 2 aromatic carbocycles. The Bertz CT molecular complexity index is 1050. The largest absolute Gasteiger partial charge is 0.454 e. The highest BCUT2D eigenvalue weighted by Crippen LogP contribution is 2.26. The van der Waals surface area contributed by atoms with Gasteiger partial charge in [-0.05, 0) is 42.8 Å². The molecule has 0 aliphatic rings. The Balaban J connectivity index is 1.44. The fourth-order valence-corrected chi connectivity index (χ4v) is 3.30. The first-order valence-corrected chi connectivity index (χ1v) is 9.09. The minimum absolute atomic E-state index is 0.0802. The molecular weight excluding hydrogens is 385 g/mol. The molecule has 144 valence electrons. The van der Waals surface area contributed by atoms with Crippen molar-refractivity contribution in [2.75, 3.05) is 18.5 Å². The lowest BCUT2D eigenvalue weighted by Gasteiger charge is -2.06. The quantitative estimate of drug-likeness (QED) is 0.619. The van der Waals surface area contributed by atoms with E-state index in [4.69, 9.17) is 4.74 Å². The Labute approximate surface area is 163 Å². The van der Waals surface area contributed by atoms with Crippen LogP contribution in [0.25, 0.3) is 10.2 Å². The van der Waals surface area contributed by atoms with Crippen LogP contribution in [0.1, 0.15) is 15.9 Å². The Morgan fingerprint density at radius 2 is 2.00 bits per heavy atom. The van der Waals surface area contributed by atoms with E-state index in [1.807, 2.05) is 25.1 Å². The van der Waals surface area contributed by atoms with Gasteiger partial charge in [0, 0.05) is 5.56 Å². The van der Waals surface area contributed by atoms with E-state index < -0.39 is 36.8 Å². The highest BCUT2D eigenvalue weighted by atomic mass is 32.1. The van der Waals surface area contributed by atoms with Crippen LogP contribution in [-0.2, 0) is 14.3 Å². The third kappa shape index (κ3) is 5.10. The number of aromatic nitrogens is 1. The number of amides is 2. The van der Waals surface area contributed by atoms with Crippen molar-refractivity contribution in [2.24, 2.45) is 0 Å². The molecule has 7 nitrogen and oxygen atoms in total. The number of nitrogens with one attached hydrogen (secondary N) is 2. The maximum Gasteiger partial charge on any atom is 0.325 e. The molecule has 0 saturated carbocycles. The van der Waals surface area contributed by atoms with Crippen LogP contribution in [0.2, 0.25) is 0 Å². The molecule has 0 aliphatic carbocycles. The Morgan fingerprint density at radius 1 is 1.18 bits per heavy atom. The number of ether oxygens (including phenoxy) is 1. The molecule has 9 heteroatoms. The number of hydrogen-bond donors (Lipinski definition) is 2. The molecule has 0 aliphatic heterocycles. The van der Waals surface area contributed by atoms with Crippen molar-refractivity contribution in [3.05, 3.63) is 59.4 Å². The van der Waals surface area contributed by atoms with Crippen molar-refractivity contribution in [1.29, 1.82) is 0 Å². The van der Waals surface area contributed by atoms with Crippen LogP contribution < -0.4 is 10.6 Å². The fourth-order valence-electron chi connectivity index (χ4n) is 2.32. The number of hydrogen-bond acceptors (Lipinski definition) is 6. The summed E-state index contributed by atoms with van der Waals surface area (Å²) in [5.41, 5.74) is 1.93. The predicted molar refractivity (Wildman–Crippen MR) is 103 cm³/mol. The van der Waals surface area contributed by atoms with Crippen LogP contribution in [-0.4, -0.2) is 35.9 Å². The van der Waals surface area contributed by atoms with E-state index in [0.717, 1.165) is 21.8 Å². The molecule has 0 fully saturated rings. The van der Waals surface area contributed by atoms with Gasteiger partial charge < -0.3 is 10.1 Å². The van der Waals surface area contributed by atoms with Gasteiger partial charge in [0.05, 0.1) is 10.2 Å². The van der Waals surface area contributed by atoms with E-state index in [0.29, 0.717) is 5.13 Å². The summed E-state index contributed by atoms with van der Waals surface area (Å²) in [4.78, 5) is 39.7. The highest BCUT2D eigenvalue weighted by molar-refractivity contribution is 7.22. The molecule has 0 spiro atoms. The summed E-state index contributed by atoms with van der Waals surface area (Å²) in [5, 5.41) is 5.27. The average Bonchev–Trinajstić information content (AvgIpc) is 3.05. The van der Waals surface area contributed by atoms with Gasteiger partial charge in [-0.2, -0.15) is 0 Å². The van der Waals surface area contributed by atoms with E-state index in [1.165, 1.54) is 29.5 Å². The van der Waals surface area contributed by atoms with Crippen LogP contribution >= 0.6 is 11.3 Å². The number of nitrogens with zero attached hydrogens (tertiary/aromatic N) is 1. The number of rotatable bonds is 6. The molecule has 1 aromatic heterocycles. The maximum atomic E-state index is 13.1. The van der Waals surface area contributed by atoms with Crippen LogP contribution in [0.4, 0.5) is 9.52 Å². The Morgan fingerprint density at radius 3 is 2.79 bits per heavy atom. The molecule has 1 heterocycles. The zero-order valence-corrected chi connectivity index (χ0v) is 15.6. The second-order valence-corrected chi connectivity index (χ2v) is 6.92. The topological polar surface area (TPSA) is 97.4 Å². The van der Waals surface area contributed by atoms with E-state index in [2.05, 4.69) is 15.6 Å². The molecule has 0 bridgehead atoms. The molecule has 3 rings (SSSR count). The summed E-state index contributed by atoms with van der Waals surface area (Å²) in [6.07, 6.45) is 0. The molecule has 0 atom stereocenters. The van der Waals surface area contributed by atoms with Gasteiger partial charge in [0.15, 0.2) is 11.7 Å². The molecule has 0 unspecified atom stereocenters. The van der Waals surface area contributed by atoms with Gasteiger partial charge in [-0.3, -0.25) is 19.7 Å². The zero-order chi connectivity index (χ0) is 20.1. The first kappa shape index (κ1) is 19.4. The van der Waals surface area contributed by atoms with E-state index in [1.54, 1.807) is 0 Å². The molecule has 2 amide bonds. The first-order valence-electron chi connectivity index (χ1n) is 8.27. The molecule has 2 N–H and O–H groups in total. The lowest BCUT2D eigenvalue weighted by Crippen LogP contribution is -2.32. The minimum Gasteiger partial charge on any atom is -0.454 e. The lowest BCUT2D eigenvalue weighted by molar-refractivity contribution is -0.146. The summed E-state index contributed by atoms with van der Waals surface area (Å²) in [5.74, 6) is -2.51. The third-order valence-electron chi connectivity index (χ3n) is 3.63. The molecule has 0 radical (unpaired) electrons. The standard InChI is InChI=1S/C19H16FN3O4S/c1-11-5-6-14-15(7-11)28-19(22-14)23-16(24)10-27-17(25)9-21-18(26)12-3-2-4-13(20)8-12/h2-8H,9-10H2,1H3,(H,21,26)(H,22,23,24). The molecular formula is C19H16FN3O4S. The Kier molecular flexibility index (Phi) is 5.95. The number of carbonyl (C=O) groups excluding carboxylic acids is 3. The fraction of sp³-hybridized carbons (Fsp3) is 0.158. The molecule has 0 saturated heterocycles. The van der Waals surface area contributed by atoms with Gasteiger partial charge in [-0.25, -0.2) is 9.37 Å². The number of thiazole rings is 1. The summed E-state index contributed by atoms with van der Waals surface area (Å²) in [6.45, 7) is 1.01. The average molecular weight is 401 g/mol. The van der Waals surface area contributed by atoms with Crippen molar-refractivity contribution in [3.8, 4) is 0 Å². The summed E-state index contributed by atoms with van der Waals surface area (Å²) < 4.78 is 18.8. The smallest absolute Gasteiger partial charge is 0.325 e. The third-order valence-corrected chi connectivity index (χ3v) is 4.57. The second kappa shape index (κ2) is 8.57.